The molecule has 2 aliphatic rings. The highest BCUT2D eigenvalue weighted by molar-refractivity contribution is 6.00. The van der Waals surface area contributed by atoms with Gasteiger partial charge in [0.15, 0.2) is 11.9 Å². The lowest BCUT2D eigenvalue weighted by atomic mass is 9.83. The second-order valence-electron chi connectivity index (χ2n) is 9.44. The van der Waals surface area contributed by atoms with Gasteiger partial charge in [-0.3, -0.25) is 9.59 Å². The summed E-state index contributed by atoms with van der Waals surface area (Å²) >= 11 is 0. The molecule has 2 atom stereocenters. The van der Waals surface area contributed by atoms with Crippen LogP contribution in [-0.2, 0) is 4.79 Å². The van der Waals surface area contributed by atoms with Crippen LogP contribution in [0.15, 0.2) is 36.3 Å². The van der Waals surface area contributed by atoms with Crippen molar-refractivity contribution in [1.29, 1.82) is 0 Å². The molecule has 4 rings (SSSR count). The van der Waals surface area contributed by atoms with Gasteiger partial charge in [-0.2, -0.15) is 9.61 Å². The number of aliphatic hydroxyl groups is 1. The van der Waals surface area contributed by atoms with E-state index in [4.69, 9.17) is 0 Å². The van der Waals surface area contributed by atoms with Gasteiger partial charge < -0.3 is 26.0 Å². The predicted octanol–water partition coefficient (Wildman–Crippen LogP) is 2.30. The number of rotatable bonds is 9. The Hall–Kier alpha value is -3.40. The van der Waals surface area contributed by atoms with Crippen molar-refractivity contribution in [1.82, 2.24) is 24.8 Å². The molecule has 0 radical (unpaired) electrons. The molecule has 2 aromatic rings. The van der Waals surface area contributed by atoms with E-state index in [2.05, 4.69) is 30.9 Å². The van der Waals surface area contributed by atoms with Crippen molar-refractivity contribution in [3.8, 4) is 0 Å². The molecule has 0 aliphatic heterocycles. The van der Waals surface area contributed by atoms with E-state index in [9.17, 15) is 14.7 Å². The molecule has 182 valence electrons. The van der Waals surface area contributed by atoms with Gasteiger partial charge in [-0.05, 0) is 63.8 Å². The summed E-state index contributed by atoms with van der Waals surface area (Å²) in [5, 5.41) is 23.7. The van der Waals surface area contributed by atoms with Crippen molar-refractivity contribution in [3.05, 3.63) is 41.9 Å². The fourth-order valence-electron chi connectivity index (χ4n) is 4.30. The molecule has 10 nitrogen and oxygen atoms in total. The van der Waals surface area contributed by atoms with Crippen LogP contribution in [0.5, 0.6) is 0 Å². The lowest BCUT2D eigenvalue weighted by Crippen LogP contribution is -2.40. The van der Waals surface area contributed by atoms with Gasteiger partial charge in [0.1, 0.15) is 17.2 Å². The minimum Gasteiger partial charge on any atom is -0.390 e. The van der Waals surface area contributed by atoms with Gasteiger partial charge in [0.2, 0.25) is 0 Å². The van der Waals surface area contributed by atoms with E-state index < -0.39 is 5.60 Å². The standard InChI is InChI=1S/C24H33N7O3/c1-24(34)10-4-7-18(13-24)30(3)11-5-6-17(15-32)27-20-12-21(25-2)31-22(29-20)19(14-26-31)23(33)28-16-8-9-16/h5-6,11-12,14-16,18,25,34H,4,7-10,13H2,1-3H3,(H,27,29)(H,28,33)/b11-5-,17-6+. The topological polar surface area (TPSA) is 124 Å². The smallest absolute Gasteiger partial charge is 0.256 e. The zero-order chi connectivity index (χ0) is 24.3. The maximum absolute atomic E-state index is 12.6. The number of nitrogens with zero attached hydrogens (tertiary/aromatic N) is 4. The molecule has 2 saturated carbocycles. The third kappa shape index (κ3) is 5.56. The molecule has 2 unspecified atom stereocenters. The van der Waals surface area contributed by atoms with E-state index in [0.29, 0.717) is 28.5 Å². The van der Waals surface area contributed by atoms with Gasteiger partial charge in [0.05, 0.1) is 17.5 Å². The molecule has 34 heavy (non-hydrogen) atoms. The Morgan fingerprint density at radius 1 is 1.35 bits per heavy atom. The zero-order valence-corrected chi connectivity index (χ0v) is 19.9. The van der Waals surface area contributed by atoms with E-state index in [1.54, 1.807) is 29.8 Å². The number of allylic oxidation sites excluding steroid dienone is 3. The molecule has 0 saturated heterocycles. The molecule has 1 amide bonds. The van der Waals surface area contributed by atoms with Crippen LogP contribution in [0.2, 0.25) is 0 Å². The van der Waals surface area contributed by atoms with Gasteiger partial charge in [-0.1, -0.05) is 0 Å². The quantitative estimate of drug-likeness (QED) is 0.252. The maximum Gasteiger partial charge on any atom is 0.256 e. The number of carbonyl (C=O) groups is 2. The Morgan fingerprint density at radius 3 is 2.82 bits per heavy atom. The lowest BCUT2D eigenvalue weighted by molar-refractivity contribution is -0.104. The first-order valence-corrected chi connectivity index (χ1v) is 11.7. The van der Waals surface area contributed by atoms with E-state index in [1.807, 2.05) is 20.2 Å². The average molecular weight is 468 g/mol. The number of carbonyl (C=O) groups excluding carboxylic acids is 2. The van der Waals surface area contributed by atoms with Crippen LogP contribution >= 0.6 is 0 Å². The fourth-order valence-corrected chi connectivity index (χ4v) is 4.30. The van der Waals surface area contributed by atoms with Crippen molar-refractivity contribution in [3.63, 3.8) is 0 Å². The fraction of sp³-hybridized carbons (Fsp3) is 0.500. The number of amides is 1. The molecular weight excluding hydrogens is 434 g/mol. The molecule has 2 heterocycles. The summed E-state index contributed by atoms with van der Waals surface area (Å²) in [5.74, 6) is 0.840. The number of aromatic nitrogens is 3. The second-order valence-corrected chi connectivity index (χ2v) is 9.44. The van der Waals surface area contributed by atoms with Crippen LogP contribution < -0.4 is 16.0 Å². The number of nitrogens with one attached hydrogen (secondary N) is 3. The van der Waals surface area contributed by atoms with Crippen molar-refractivity contribution in [2.45, 2.75) is 63.1 Å². The molecule has 0 spiro atoms. The average Bonchev–Trinajstić information content (AvgIpc) is 3.51. The van der Waals surface area contributed by atoms with Crippen LogP contribution in [0.25, 0.3) is 5.65 Å². The van der Waals surface area contributed by atoms with Gasteiger partial charge >= 0.3 is 0 Å². The van der Waals surface area contributed by atoms with E-state index in [1.165, 1.54) is 6.20 Å². The Morgan fingerprint density at radius 2 is 2.15 bits per heavy atom. The first-order chi connectivity index (χ1) is 16.3. The summed E-state index contributed by atoms with van der Waals surface area (Å²) < 4.78 is 1.56. The van der Waals surface area contributed by atoms with E-state index in [-0.39, 0.29) is 18.0 Å². The van der Waals surface area contributed by atoms with Crippen LogP contribution in [0.3, 0.4) is 0 Å². The van der Waals surface area contributed by atoms with Crippen molar-refractivity contribution >= 4 is 29.5 Å². The summed E-state index contributed by atoms with van der Waals surface area (Å²) in [6.45, 7) is 1.88. The number of hydrogen-bond acceptors (Lipinski definition) is 8. The van der Waals surface area contributed by atoms with Crippen LogP contribution in [-0.4, -0.2) is 68.6 Å². The molecule has 0 bridgehead atoms. The number of aldehydes is 1. The Bertz CT molecular complexity index is 1120. The highest BCUT2D eigenvalue weighted by atomic mass is 16.3. The molecule has 4 N–H and O–H groups in total. The summed E-state index contributed by atoms with van der Waals surface area (Å²) in [4.78, 5) is 30.9. The Kier molecular flexibility index (Phi) is 6.87. The van der Waals surface area contributed by atoms with E-state index >= 15 is 0 Å². The minimum atomic E-state index is -0.631. The van der Waals surface area contributed by atoms with Gasteiger partial charge in [-0.25, -0.2) is 4.98 Å². The molecule has 0 aromatic carbocycles. The highest BCUT2D eigenvalue weighted by Gasteiger charge is 2.31. The van der Waals surface area contributed by atoms with Crippen molar-refractivity contribution < 1.29 is 14.7 Å². The first kappa shape index (κ1) is 23.7. The summed E-state index contributed by atoms with van der Waals surface area (Å²) in [6.07, 6.45) is 13.1. The normalized spacial score (nSPS) is 23.2. The predicted molar refractivity (Wildman–Crippen MR) is 131 cm³/mol. The van der Waals surface area contributed by atoms with Crippen molar-refractivity contribution in [2.75, 3.05) is 24.7 Å². The summed E-state index contributed by atoms with van der Waals surface area (Å²) in [7, 11) is 3.73. The first-order valence-electron chi connectivity index (χ1n) is 11.7. The second kappa shape index (κ2) is 9.84. The highest BCUT2D eigenvalue weighted by Crippen LogP contribution is 2.30. The van der Waals surface area contributed by atoms with Crippen LogP contribution in [0.4, 0.5) is 11.6 Å². The largest absolute Gasteiger partial charge is 0.390 e. The molecule has 10 heteroatoms. The molecule has 2 aliphatic carbocycles. The Balaban J connectivity index is 1.50. The van der Waals surface area contributed by atoms with Crippen LogP contribution in [0, 0.1) is 0 Å². The molecule has 2 fully saturated rings. The number of hydrogen-bond donors (Lipinski definition) is 4. The van der Waals surface area contributed by atoms with Gasteiger partial charge in [-0.15, -0.1) is 0 Å². The van der Waals surface area contributed by atoms with Gasteiger partial charge in [0.25, 0.3) is 5.91 Å². The van der Waals surface area contributed by atoms with E-state index in [0.717, 1.165) is 44.8 Å². The zero-order valence-electron chi connectivity index (χ0n) is 19.9. The lowest BCUT2D eigenvalue weighted by Gasteiger charge is -2.38. The minimum absolute atomic E-state index is 0.206. The monoisotopic (exact) mass is 467 g/mol. The SMILES string of the molecule is CNc1cc(N/C(C=O)=C/C=C\N(C)C2CCCC(C)(O)C2)nc2c(C(=O)NC3CC3)cnn12. The molecule has 2 aromatic heterocycles. The van der Waals surface area contributed by atoms with Gasteiger partial charge in [0, 0.05) is 32.2 Å². The Labute approximate surface area is 199 Å². The molecular formula is C24H33N7O3. The van der Waals surface area contributed by atoms with Crippen LogP contribution in [0.1, 0.15) is 55.8 Å². The summed E-state index contributed by atoms with van der Waals surface area (Å²) in [5.41, 5.74) is 0.474. The number of fused-ring (bicyclic) bond motifs is 1. The third-order valence-electron chi connectivity index (χ3n) is 6.39. The summed E-state index contributed by atoms with van der Waals surface area (Å²) in [6, 6.07) is 2.20. The number of anilines is 2. The third-order valence-corrected chi connectivity index (χ3v) is 6.39. The van der Waals surface area contributed by atoms with Crippen molar-refractivity contribution in [2.24, 2.45) is 0 Å². The maximum atomic E-state index is 12.6.